The van der Waals surface area contributed by atoms with Gasteiger partial charge in [-0.05, 0) is 17.5 Å². The van der Waals surface area contributed by atoms with Crippen LogP contribution in [0.3, 0.4) is 0 Å². The molecule has 0 spiro atoms. The summed E-state index contributed by atoms with van der Waals surface area (Å²) in [5, 5.41) is 5.05. The fourth-order valence-corrected chi connectivity index (χ4v) is 4.78. The normalized spacial score (nSPS) is 11.3. The maximum absolute atomic E-state index is 12.2. The third kappa shape index (κ3) is 5.74. The van der Waals surface area contributed by atoms with Gasteiger partial charge in [0.25, 0.3) is 0 Å². The number of carbonyl (C=O) groups excluding carboxylic acids is 1. The minimum absolute atomic E-state index is 0.0593. The number of aromatic nitrogens is 1. The second kappa shape index (κ2) is 9.12. The summed E-state index contributed by atoms with van der Waals surface area (Å²) < 4.78 is 24.4. The molecule has 0 saturated heterocycles. The number of aryl methyl sites for hydroxylation is 1. The zero-order valence-corrected chi connectivity index (χ0v) is 17.2. The molecule has 1 N–H and O–H groups in total. The second-order valence-electron chi connectivity index (χ2n) is 6.46. The maximum atomic E-state index is 12.2. The molecule has 1 heterocycles. The van der Waals surface area contributed by atoms with Crippen LogP contribution in [0.1, 0.15) is 24.5 Å². The highest BCUT2D eigenvalue weighted by atomic mass is 32.2. The van der Waals surface area contributed by atoms with Crippen molar-refractivity contribution in [1.82, 2.24) is 4.98 Å². The van der Waals surface area contributed by atoms with E-state index in [0.29, 0.717) is 5.13 Å². The van der Waals surface area contributed by atoms with Crippen LogP contribution < -0.4 is 5.32 Å². The quantitative estimate of drug-likeness (QED) is 0.596. The number of rotatable bonds is 8. The fourth-order valence-electron chi connectivity index (χ4n) is 2.71. The minimum Gasteiger partial charge on any atom is -0.302 e. The highest BCUT2D eigenvalue weighted by Gasteiger charge is 2.15. The molecule has 2 aromatic carbocycles. The Morgan fingerprint density at radius 2 is 1.75 bits per heavy atom. The monoisotopic (exact) mass is 414 g/mol. The van der Waals surface area contributed by atoms with Crippen molar-refractivity contribution >= 4 is 32.2 Å². The lowest BCUT2D eigenvalue weighted by molar-refractivity contribution is -0.115. The number of amides is 1. The molecule has 0 bridgehead atoms. The van der Waals surface area contributed by atoms with Crippen molar-refractivity contribution in [2.75, 3.05) is 11.1 Å². The molecule has 0 aliphatic heterocycles. The molecule has 0 radical (unpaired) electrons. The first-order valence-corrected chi connectivity index (χ1v) is 11.7. The molecule has 0 aliphatic rings. The van der Waals surface area contributed by atoms with Crippen LogP contribution in [0.5, 0.6) is 0 Å². The number of nitrogens with zero attached hydrogens (tertiary/aromatic N) is 1. The van der Waals surface area contributed by atoms with Gasteiger partial charge in [-0.1, -0.05) is 61.5 Å². The lowest BCUT2D eigenvalue weighted by Gasteiger charge is -2.05. The maximum Gasteiger partial charge on any atom is 0.227 e. The summed E-state index contributed by atoms with van der Waals surface area (Å²) in [5.74, 6) is -0.598. The van der Waals surface area contributed by atoms with Crippen LogP contribution in [0, 0.1) is 0 Å². The van der Waals surface area contributed by atoms with Gasteiger partial charge in [0.2, 0.25) is 5.91 Å². The van der Waals surface area contributed by atoms with E-state index in [0.717, 1.165) is 23.2 Å². The molecule has 1 amide bonds. The van der Waals surface area contributed by atoms with E-state index in [4.69, 9.17) is 0 Å². The molecular weight excluding hydrogens is 392 g/mol. The van der Waals surface area contributed by atoms with Crippen molar-refractivity contribution in [1.29, 1.82) is 0 Å². The van der Waals surface area contributed by atoms with E-state index in [2.05, 4.69) is 29.4 Å². The van der Waals surface area contributed by atoms with Crippen molar-refractivity contribution in [3.63, 3.8) is 0 Å². The Bertz CT molecular complexity index is 1030. The third-order valence-electron chi connectivity index (χ3n) is 4.28. The molecule has 5 nitrogen and oxygen atoms in total. The van der Waals surface area contributed by atoms with Gasteiger partial charge in [0.15, 0.2) is 15.0 Å². The Labute approximate surface area is 169 Å². The highest BCUT2D eigenvalue weighted by molar-refractivity contribution is 7.90. The molecular formula is C21H22N2O3S2. The van der Waals surface area contributed by atoms with Gasteiger partial charge in [-0.15, -0.1) is 11.3 Å². The molecule has 28 heavy (non-hydrogen) atoms. The SMILES string of the molecule is CCc1ccc(-c2csc(NC(=O)CCS(=O)(=O)Cc3ccccc3)n2)cc1. The first-order chi connectivity index (χ1) is 13.4. The lowest BCUT2D eigenvalue weighted by Crippen LogP contribution is -2.18. The Balaban J connectivity index is 1.54. The van der Waals surface area contributed by atoms with Crippen molar-refractivity contribution in [3.05, 3.63) is 71.1 Å². The van der Waals surface area contributed by atoms with Crippen LogP contribution >= 0.6 is 11.3 Å². The van der Waals surface area contributed by atoms with Crippen LogP contribution in [0.2, 0.25) is 0 Å². The van der Waals surface area contributed by atoms with Crippen LogP contribution in [0.15, 0.2) is 60.0 Å². The first-order valence-electron chi connectivity index (χ1n) is 9.04. The van der Waals surface area contributed by atoms with Crippen molar-refractivity contribution in [2.45, 2.75) is 25.5 Å². The summed E-state index contributed by atoms with van der Waals surface area (Å²) in [6, 6.07) is 17.1. The van der Waals surface area contributed by atoms with E-state index in [1.807, 2.05) is 23.6 Å². The van der Waals surface area contributed by atoms with Gasteiger partial charge in [-0.3, -0.25) is 4.79 Å². The predicted octanol–water partition coefficient (Wildman–Crippen LogP) is 4.32. The number of carbonyl (C=O) groups is 1. The first kappa shape index (κ1) is 20.2. The summed E-state index contributed by atoms with van der Waals surface area (Å²) >= 11 is 1.33. The predicted molar refractivity (Wildman–Crippen MR) is 114 cm³/mol. The summed E-state index contributed by atoms with van der Waals surface area (Å²) in [6.45, 7) is 2.10. The third-order valence-corrected chi connectivity index (χ3v) is 6.64. The fraction of sp³-hybridized carbons (Fsp3) is 0.238. The Hall–Kier alpha value is -2.51. The van der Waals surface area contributed by atoms with Gasteiger partial charge in [-0.2, -0.15) is 0 Å². The van der Waals surface area contributed by atoms with E-state index in [1.165, 1.54) is 16.9 Å². The average molecular weight is 415 g/mol. The van der Waals surface area contributed by atoms with Gasteiger partial charge >= 0.3 is 0 Å². The molecule has 3 aromatic rings. The molecule has 0 aliphatic carbocycles. The Kier molecular flexibility index (Phi) is 6.59. The topological polar surface area (TPSA) is 76.1 Å². The molecule has 7 heteroatoms. The summed E-state index contributed by atoms with van der Waals surface area (Å²) in [4.78, 5) is 16.6. The lowest BCUT2D eigenvalue weighted by atomic mass is 10.1. The van der Waals surface area contributed by atoms with Gasteiger partial charge in [0.05, 0.1) is 17.2 Å². The number of benzene rings is 2. The average Bonchev–Trinajstić information content (AvgIpc) is 3.15. The summed E-state index contributed by atoms with van der Waals surface area (Å²) in [6.07, 6.45) is 0.890. The van der Waals surface area contributed by atoms with Crippen molar-refractivity contribution in [3.8, 4) is 11.3 Å². The van der Waals surface area contributed by atoms with Gasteiger partial charge in [-0.25, -0.2) is 13.4 Å². The zero-order valence-electron chi connectivity index (χ0n) is 15.6. The van der Waals surface area contributed by atoms with Crippen LogP contribution in [-0.4, -0.2) is 25.1 Å². The molecule has 0 atom stereocenters. The molecule has 0 saturated carbocycles. The van der Waals surface area contributed by atoms with Crippen molar-refractivity contribution in [2.24, 2.45) is 0 Å². The van der Waals surface area contributed by atoms with E-state index in [-0.39, 0.29) is 23.8 Å². The van der Waals surface area contributed by atoms with E-state index in [9.17, 15) is 13.2 Å². The smallest absolute Gasteiger partial charge is 0.227 e. The number of anilines is 1. The number of hydrogen-bond acceptors (Lipinski definition) is 5. The molecule has 3 rings (SSSR count). The van der Waals surface area contributed by atoms with E-state index >= 15 is 0 Å². The van der Waals surface area contributed by atoms with Crippen LogP contribution in [0.4, 0.5) is 5.13 Å². The Morgan fingerprint density at radius 3 is 2.43 bits per heavy atom. The van der Waals surface area contributed by atoms with Gasteiger partial charge in [0, 0.05) is 17.4 Å². The molecule has 0 fully saturated rings. The standard InChI is InChI=1S/C21H22N2O3S2/c1-2-16-8-10-18(11-9-16)19-14-27-21(22-19)23-20(24)12-13-28(25,26)15-17-6-4-3-5-7-17/h3-11,14H,2,12-13,15H2,1H3,(H,22,23,24). The van der Waals surface area contributed by atoms with Crippen molar-refractivity contribution < 1.29 is 13.2 Å². The van der Waals surface area contributed by atoms with Gasteiger partial charge < -0.3 is 5.32 Å². The summed E-state index contributed by atoms with van der Waals surface area (Å²) in [5.41, 5.74) is 3.75. The number of nitrogens with one attached hydrogen (secondary N) is 1. The molecule has 0 unspecified atom stereocenters. The Morgan fingerprint density at radius 1 is 1.04 bits per heavy atom. The molecule has 1 aromatic heterocycles. The summed E-state index contributed by atoms with van der Waals surface area (Å²) in [7, 11) is -3.34. The zero-order chi connectivity index (χ0) is 20.0. The number of thiazole rings is 1. The number of hydrogen-bond donors (Lipinski definition) is 1. The van der Waals surface area contributed by atoms with Gasteiger partial charge in [0.1, 0.15) is 0 Å². The second-order valence-corrected chi connectivity index (χ2v) is 9.51. The van der Waals surface area contributed by atoms with E-state index < -0.39 is 9.84 Å². The van der Waals surface area contributed by atoms with Crippen LogP contribution in [-0.2, 0) is 26.8 Å². The largest absolute Gasteiger partial charge is 0.302 e. The number of sulfone groups is 1. The highest BCUT2D eigenvalue weighted by Crippen LogP contribution is 2.25. The van der Waals surface area contributed by atoms with Crippen LogP contribution in [0.25, 0.3) is 11.3 Å². The molecule has 146 valence electrons. The minimum atomic E-state index is -3.34. The van der Waals surface area contributed by atoms with E-state index in [1.54, 1.807) is 24.3 Å².